The van der Waals surface area contributed by atoms with Crippen molar-refractivity contribution in [3.8, 4) is 22.8 Å². The van der Waals surface area contributed by atoms with Gasteiger partial charge in [-0.2, -0.15) is 4.99 Å². The van der Waals surface area contributed by atoms with Crippen molar-refractivity contribution in [1.82, 2.24) is 14.8 Å². The van der Waals surface area contributed by atoms with Crippen molar-refractivity contribution in [2.24, 2.45) is 4.99 Å². The fourth-order valence-corrected chi connectivity index (χ4v) is 5.30. The molecule has 0 spiro atoms. The number of amides is 2. The highest BCUT2D eigenvalue weighted by Gasteiger charge is 2.33. The number of hydrogen-bond acceptors (Lipinski definition) is 6. The van der Waals surface area contributed by atoms with Crippen LogP contribution in [0.15, 0.2) is 84.1 Å². The Labute approximate surface area is 244 Å². The van der Waals surface area contributed by atoms with Crippen molar-refractivity contribution in [1.29, 1.82) is 0 Å². The molecule has 5 rings (SSSR count). The van der Waals surface area contributed by atoms with Gasteiger partial charge in [-0.1, -0.05) is 68.1 Å². The summed E-state index contributed by atoms with van der Waals surface area (Å²) in [6.45, 7) is 4.19. The molecular formula is C30H26F3N5O3S. The maximum Gasteiger partial charge on any atom is 0.573 e. The molecule has 2 heterocycles. The molecule has 1 aliphatic heterocycles. The van der Waals surface area contributed by atoms with E-state index in [-0.39, 0.29) is 35.7 Å². The second-order valence-electron chi connectivity index (χ2n) is 9.60. The number of para-hydroxylation sites is 1. The van der Waals surface area contributed by atoms with Crippen LogP contribution < -0.4 is 9.64 Å². The number of rotatable bonds is 8. The summed E-state index contributed by atoms with van der Waals surface area (Å²) in [6.07, 6.45) is -2.35. The predicted molar refractivity (Wildman–Crippen MR) is 155 cm³/mol. The first kappa shape index (κ1) is 29.1. The number of ether oxygens (including phenoxy) is 1. The summed E-state index contributed by atoms with van der Waals surface area (Å²) in [6, 6.07) is 20.1. The van der Waals surface area contributed by atoms with Crippen LogP contribution in [-0.4, -0.2) is 43.9 Å². The highest BCUT2D eigenvalue weighted by atomic mass is 32.2. The van der Waals surface area contributed by atoms with E-state index in [1.165, 1.54) is 47.0 Å². The first-order valence-electron chi connectivity index (χ1n) is 13.1. The predicted octanol–water partition coefficient (Wildman–Crippen LogP) is 6.55. The van der Waals surface area contributed by atoms with Crippen LogP contribution in [0.5, 0.6) is 5.75 Å². The third-order valence-electron chi connectivity index (χ3n) is 6.70. The monoisotopic (exact) mass is 593 g/mol. The van der Waals surface area contributed by atoms with E-state index in [9.17, 15) is 22.8 Å². The van der Waals surface area contributed by atoms with Gasteiger partial charge in [-0.15, -0.1) is 18.3 Å². The minimum absolute atomic E-state index is 0.0492. The van der Waals surface area contributed by atoms with Crippen molar-refractivity contribution >= 4 is 34.4 Å². The number of hydrogen-bond donors (Lipinski definition) is 0. The molecule has 1 saturated heterocycles. The van der Waals surface area contributed by atoms with Crippen molar-refractivity contribution in [3.05, 3.63) is 90.3 Å². The Morgan fingerprint density at radius 3 is 2.48 bits per heavy atom. The lowest BCUT2D eigenvalue weighted by Crippen LogP contribution is -2.31. The maximum atomic E-state index is 12.9. The number of thioether (sulfide) groups is 1. The van der Waals surface area contributed by atoms with Gasteiger partial charge in [-0.3, -0.25) is 14.5 Å². The molecule has 4 aromatic rings. The molecule has 1 aromatic heterocycles. The number of nitrogens with zero attached hydrogens (tertiary/aromatic N) is 5. The SMILES string of the molecule is CCC(C)c1ccccc1N1C(=O)CSC1=NC(=O)Cc1ccc(-c2ncn(-c3ccc(OC(F)(F)F)cc3)n2)cc1. The van der Waals surface area contributed by atoms with Crippen molar-refractivity contribution in [3.63, 3.8) is 0 Å². The molecule has 216 valence electrons. The zero-order valence-corrected chi connectivity index (χ0v) is 23.5. The van der Waals surface area contributed by atoms with Gasteiger partial charge in [0.15, 0.2) is 11.0 Å². The molecule has 0 aliphatic carbocycles. The third-order valence-corrected chi connectivity index (χ3v) is 7.62. The number of halogens is 3. The van der Waals surface area contributed by atoms with E-state index in [1.54, 1.807) is 29.2 Å². The van der Waals surface area contributed by atoms with Crippen molar-refractivity contribution in [2.45, 2.75) is 39.0 Å². The number of aliphatic imine (C=N–C) groups is 1. The second kappa shape index (κ2) is 12.2. The van der Waals surface area contributed by atoms with Crippen LogP contribution in [0.4, 0.5) is 18.9 Å². The Morgan fingerprint density at radius 2 is 1.79 bits per heavy atom. The lowest BCUT2D eigenvalue weighted by atomic mass is 9.96. The minimum Gasteiger partial charge on any atom is -0.406 e. The van der Waals surface area contributed by atoms with Crippen molar-refractivity contribution < 1.29 is 27.5 Å². The summed E-state index contributed by atoms with van der Waals surface area (Å²) in [7, 11) is 0. The highest BCUT2D eigenvalue weighted by molar-refractivity contribution is 8.15. The Hall–Kier alpha value is -4.45. The van der Waals surface area contributed by atoms with Crippen LogP contribution in [0.2, 0.25) is 0 Å². The van der Waals surface area contributed by atoms with Crippen LogP contribution in [0, 0.1) is 0 Å². The van der Waals surface area contributed by atoms with Crippen LogP contribution in [0.1, 0.15) is 37.3 Å². The molecule has 0 saturated carbocycles. The fourth-order valence-electron chi connectivity index (χ4n) is 4.42. The summed E-state index contributed by atoms with van der Waals surface area (Å²) in [5, 5.41) is 4.78. The normalized spacial score (nSPS) is 15.3. The van der Waals surface area contributed by atoms with E-state index in [1.807, 2.05) is 24.3 Å². The first-order valence-corrected chi connectivity index (χ1v) is 14.1. The van der Waals surface area contributed by atoms with E-state index in [2.05, 4.69) is 33.7 Å². The van der Waals surface area contributed by atoms with E-state index in [4.69, 9.17) is 0 Å². The maximum absolute atomic E-state index is 12.9. The lowest BCUT2D eigenvalue weighted by Gasteiger charge is -2.22. The molecular weight excluding hydrogens is 567 g/mol. The van der Waals surface area contributed by atoms with Gasteiger partial charge in [0.25, 0.3) is 5.91 Å². The molecule has 2 amide bonds. The summed E-state index contributed by atoms with van der Waals surface area (Å²) in [5.41, 5.74) is 3.73. The Balaban J connectivity index is 1.26. The largest absolute Gasteiger partial charge is 0.573 e. The first-order chi connectivity index (χ1) is 20.1. The van der Waals surface area contributed by atoms with Gasteiger partial charge in [0.05, 0.1) is 23.5 Å². The molecule has 0 N–H and O–H groups in total. The molecule has 12 heteroatoms. The Bertz CT molecular complexity index is 1620. The van der Waals surface area contributed by atoms with Gasteiger partial charge >= 0.3 is 6.36 Å². The van der Waals surface area contributed by atoms with Gasteiger partial charge in [-0.05, 0) is 53.8 Å². The number of carbonyl (C=O) groups excluding carboxylic acids is 2. The smallest absolute Gasteiger partial charge is 0.406 e. The van der Waals surface area contributed by atoms with Gasteiger partial charge in [-0.25, -0.2) is 9.67 Å². The molecule has 3 aromatic carbocycles. The van der Waals surface area contributed by atoms with Crippen LogP contribution >= 0.6 is 11.8 Å². The van der Waals surface area contributed by atoms with E-state index < -0.39 is 6.36 Å². The molecule has 0 radical (unpaired) electrons. The highest BCUT2D eigenvalue weighted by Crippen LogP contribution is 2.34. The summed E-state index contributed by atoms with van der Waals surface area (Å²) < 4.78 is 42.5. The number of aromatic nitrogens is 3. The van der Waals surface area contributed by atoms with E-state index >= 15 is 0 Å². The van der Waals surface area contributed by atoms with E-state index in [0.717, 1.165) is 23.2 Å². The van der Waals surface area contributed by atoms with Crippen LogP contribution in [-0.2, 0) is 16.0 Å². The molecule has 1 unspecified atom stereocenters. The Morgan fingerprint density at radius 1 is 1.07 bits per heavy atom. The number of anilines is 1. The summed E-state index contributed by atoms with van der Waals surface area (Å²) >= 11 is 1.25. The van der Waals surface area contributed by atoms with Gasteiger partial charge < -0.3 is 4.74 Å². The van der Waals surface area contributed by atoms with E-state index in [0.29, 0.717) is 22.2 Å². The molecule has 1 aliphatic rings. The van der Waals surface area contributed by atoms with Gasteiger partial charge in [0.1, 0.15) is 12.1 Å². The standard InChI is InChI=1S/C30H26F3N5O3S/c1-3-19(2)24-6-4-5-7-25(24)38-27(40)17-42-29(38)35-26(39)16-20-8-10-21(11-9-20)28-34-18-37(36-28)22-12-14-23(15-13-22)41-30(31,32)33/h4-15,18-19H,3,16-17H2,1-2H3. The van der Waals surface area contributed by atoms with Crippen LogP contribution in [0.3, 0.4) is 0 Å². The molecule has 1 fully saturated rings. The summed E-state index contributed by atoms with van der Waals surface area (Å²) in [4.78, 5) is 35.8. The topological polar surface area (TPSA) is 89.7 Å². The number of carbonyl (C=O) groups is 2. The fraction of sp³-hybridized carbons (Fsp3) is 0.233. The number of amidine groups is 1. The zero-order valence-electron chi connectivity index (χ0n) is 22.7. The van der Waals surface area contributed by atoms with Gasteiger partial charge in [0, 0.05) is 5.56 Å². The molecule has 0 bridgehead atoms. The third kappa shape index (κ3) is 6.71. The molecule has 42 heavy (non-hydrogen) atoms. The summed E-state index contributed by atoms with van der Waals surface area (Å²) in [5.74, 6) is 0.0644. The average molecular weight is 594 g/mol. The molecule has 1 atom stereocenters. The minimum atomic E-state index is -4.76. The second-order valence-corrected chi connectivity index (χ2v) is 10.5. The Kier molecular flexibility index (Phi) is 8.44. The van der Waals surface area contributed by atoms with Gasteiger partial charge in [0.2, 0.25) is 5.91 Å². The zero-order chi connectivity index (χ0) is 29.9. The van der Waals surface area contributed by atoms with Crippen molar-refractivity contribution in [2.75, 3.05) is 10.7 Å². The average Bonchev–Trinajstić information content (AvgIpc) is 3.59. The number of alkyl halides is 3. The van der Waals surface area contributed by atoms with Crippen LogP contribution in [0.25, 0.3) is 17.1 Å². The quantitative estimate of drug-likeness (QED) is 0.230. The lowest BCUT2D eigenvalue weighted by molar-refractivity contribution is -0.274. The molecule has 8 nitrogen and oxygen atoms in total. The number of benzene rings is 3.